The van der Waals surface area contributed by atoms with E-state index in [-0.39, 0.29) is 43.3 Å². The third-order valence-corrected chi connectivity index (χ3v) is 23.0. The standard InChI is InChI=1S/C79H52B2N6Se2/c1-8-28-53(29-9-1)83(54-30-10-2-11-31-54)60-48-70-75-72(50-60)88-77-64(80(75)62-42-22-25-45-67(62)85(70)57-36-16-5-17-37-57)52-65-78(74(77)79-82-66-44-24-27-47-69(66)87(79)59-40-20-7-21-41-59)89-73-51-61(84(55-32-12-3-13-33-55)56-34-14-4-15-35-56)49-71-76(73)81(65)63-43-23-26-46-68(63)86(71)58-38-18-6-19-39-58/h1-52H. The zero-order valence-electron chi connectivity index (χ0n) is 48.2. The molecule has 0 fully saturated rings. The Hall–Kier alpha value is -10.3. The number of fused-ring (bicyclic) bond motifs is 9. The molecule has 13 aromatic carbocycles. The van der Waals surface area contributed by atoms with Crippen LogP contribution in [0.15, 0.2) is 315 Å². The number of benzene rings is 13. The zero-order chi connectivity index (χ0) is 58.5. The van der Waals surface area contributed by atoms with E-state index in [1.807, 2.05) is 0 Å². The Morgan fingerprint density at radius 2 is 0.663 bits per heavy atom. The first-order valence-corrected chi connectivity index (χ1v) is 33.8. The third kappa shape index (κ3) is 8.37. The van der Waals surface area contributed by atoms with Crippen LogP contribution in [-0.4, -0.2) is 52.9 Å². The van der Waals surface area contributed by atoms with Crippen molar-refractivity contribution in [2.75, 3.05) is 19.6 Å². The van der Waals surface area contributed by atoms with Crippen molar-refractivity contribution in [2.24, 2.45) is 0 Å². The molecule has 1 aromatic heterocycles. The van der Waals surface area contributed by atoms with E-state index in [9.17, 15) is 0 Å². The van der Waals surface area contributed by atoms with E-state index < -0.39 is 0 Å². The van der Waals surface area contributed by atoms with Gasteiger partial charge >= 0.3 is 535 Å². The molecule has 0 saturated carbocycles. The Bertz CT molecular complexity index is 4720. The van der Waals surface area contributed by atoms with Crippen molar-refractivity contribution in [3.05, 3.63) is 315 Å². The molecule has 0 radical (unpaired) electrons. The predicted octanol–water partition coefficient (Wildman–Crippen LogP) is 12.2. The fourth-order valence-corrected chi connectivity index (χ4v) is 20.2. The number of anilines is 12. The third-order valence-electron chi connectivity index (χ3n) is 18.0. The second-order valence-corrected chi connectivity index (χ2v) is 27.4. The van der Waals surface area contributed by atoms with Crippen LogP contribution in [0.25, 0.3) is 28.1 Å². The van der Waals surface area contributed by atoms with E-state index >= 15 is 0 Å². The average Bonchev–Trinajstić information content (AvgIpc) is 1.40. The number of imidazole rings is 1. The summed E-state index contributed by atoms with van der Waals surface area (Å²) >= 11 is -0.474. The molecular formula is C79H52B2N6Se2. The molecule has 0 spiro atoms. The maximum absolute atomic E-state index is 5.94. The van der Waals surface area contributed by atoms with E-state index in [0.717, 1.165) is 68.0 Å². The van der Waals surface area contributed by atoms with Crippen molar-refractivity contribution in [1.82, 2.24) is 9.55 Å². The van der Waals surface area contributed by atoms with Gasteiger partial charge in [-0.2, -0.15) is 0 Å². The van der Waals surface area contributed by atoms with Gasteiger partial charge in [-0.25, -0.2) is 0 Å². The Morgan fingerprint density at radius 1 is 0.303 bits per heavy atom. The van der Waals surface area contributed by atoms with Crippen LogP contribution >= 0.6 is 0 Å². The molecule has 4 aliphatic heterocycles. The Labute approximate surface area is 531 Å². The van der Waals surface area contributed by atoms with Crippen LogP contribution in [0.3, 0.4) is 0 Å². The van der Waals surface area contributed by atoms with Gasteiger partial charge in [-0.15, -0.1) is 0 Å². The summed E-state index contributed by atoms with van der Waals surface area (Å²) in [6.07, 6.45) is 0. The molecule has 0 atom stereocenters. The summed E-state index contributed by atoms with van der Waals surface area (Å²) < 4.78 is 8.00. The van der Waals surface area contributed by atoms with Crippen molar-refractivity contribution in [1.29, 1.82) is 0 Å². The predicted molar refractivity (Wildman–Crippen MR) is 377 cm³/mol. The summed E-state index contributed by atoms with van der Waals surface area (Å²) in [6.45, 7) is -0.200. The Balaban J connectivity index is 0.969. The fourth-order valence-electron chi connectivity index (χ4n) is 14.4. The van der Waals surface area contributed by atoms with Crippen LogP contribution in [0.2, 0.25) is 0 Å². The van der Waals surface area contributed by atoms with Crippen molar-refractivity contribution < 1.29 is 0 Å². The van der Waals surface area contributed by atoms with E-state index in [1.54, 1.807) is 0 Å². The average molecular weight is 1260 g/mol. The molecule has 0 unspecified atom stereocenters. The number of rotatable bonds is 10. The number of para-hydroxylation sites is 11. The summed E-state index contributed by atoms with van der Waals surface area (Å²) in [5.41, 5.74) is 26.3. The molecule has 10 heteroatoms. The molecule has 0 amide bonds. The van der Waals surface area contributed by atoms with Gasteiger partial charge in [0.05, 0.1) is 0 Å². The molecule has 5 heterocycles. The molecule has 89 heavy (non-hydrogen) atoms. The van der Waals surface area contributed by atoms with Crippen molar-refractivity contribution >= 4 is 173 Å². The molecule has 0 aliphatic carbocycles. The normalized spacial score (nSPS) is 13.0. The van der Waals surface area contributed by atoms with E-state index in [1.165, 1.54) is 78.9 Å². The first-order chi connectivity index (χ1) is 44.2. The van der Waals surface area contributed by atoms with Crippen LogP contribution < -0.4 is 70.2 Å². The Kier molecular flexibility index (Phi) is 12.4. The molecule has 0 saturated heterocycles. The molecule has 416 valence electrons. The van der Waals surface area contributed by atoms with Crippen molar-refractivity contribution in [2.45, 2.75) is 0 Å². The summed E-state index contributed by atoms with van der Waals surface area (Å²) in [6, 6.07) is 117. The van der Waals surface area contributed by atoms with Gasteiger partial charge in [-0.3, -0.25) is 0 Å². The zero-order valence-corrected chi connectivity index (χ0v) is 51.6. The minimum absolute atomic E-state index is 0.1000. The van der Waals surface area contributed by atoms with Crippen LogP contribution in [0.5, 0.6) is 0 Å². The molecule has 6 nitrogen and oxygen atoms in total. The molecule has 14 aromatic rings. The van der Waals surface area contributed by atoms with Crippen LogP contribution in [0, 0.1) is 0 Å². The molecule has 4 aliphatic rings. The van der Waals surface area contributed by atoms with Gasteiger partial charge in [0.2, 0.25) is 0 Å². The second kappa shape index (κ2) is 21.2. The maximum atomic E-state index is 5.94. The second-order valence-electron chi connectivity index (χ2n) is 23.0. The molecule has 18 rings (SSSR count). The van der Waals surface area contributed by atoms with E-state index in [4.69, 9.17) is 4.98 Å². The fraction of sp³-hybridized carbons (Fsp3) is 0. The molecule has 0 bridgehead atoms. The van der Waals surface area contributed by atoms with Gasteiger partial charge in [0, 0.05) is 0 Å². The van der Waals surface area contributed by atoms with Crippen molar-refractivity contribution in [3.8, 4) is 17.1 Å². The topological polar surface area (TPSA) is 30.8 Å². The van der Waals surface area contributed by atoms with Gasteiger partial charge in [0.25, 0.3) is 0 Å². The van der Waals surface area contributed by atoms with Gasteiger partial charge < -0.3 is 0 Å². The minimum atomic E-state index is -0.237. The van der Waals surface area contributed by atoms with E-state index in [0.29, 0.717) is 0 Å². The number of hydrogen-bond donors (Lipinski definition) is 0. The molecular weight excluding hydrogens is 1210 g/mol. The number of nitrogens with zero attached hydrogens (tertiary/aromatic N) is 6. The first-order valence-electron chi connectivity index (χ1n) is 30.3. The summed E-state index contributed by atoms with van der Waals surface area (Å²) in [5.74, 6) is 0.990. The first kappa shape index (κ1) is 51.9. The van der Waals surface area contributed by atoms with Gasteiger partial charge in [-0.1, -0.05) is 0 Å². The summed E-state index contributed by atoms with van der Waals surface area (Å²) in [7, 11) is 0. The quantitative estimate of drug-likeness (QED) is 0.127. The monoisotopic (exact) mass is 1270 g/mol. The SMILES string of the molecule is c1ccc(N(c2ccccc2)c2cc3c4c(c2)N(c2ccccc2)c2ccccc2B4c2cc4c(c(-c5nc6ccccc6n5-c5ccccc5)c2[Se]3)[Se]c2cc(N(c3ccccc3)c3ccccc3)cc3c2B4c2ccccc2N3c2ccccc2)cc1. The Morgan fingerprint density at radius 3 is 1.09 bits per heavy atom. The van der Waals surface area contributed by atoms with Crippen LogP contribution in [-0.2, 0) is 0 Å². The van der Waals surface area contributed by atoms with Crippen LogP contribution in [0.4, 0.5) is 68.2 Å². The van der Waals surface area contributed by atoms with Crippen LogP contribution in [0.1, 0.15) is 0 Å². The van der Waals surface area contributed by atoms with E-state index in [2.05, 4.69) is 340 Å². The summed E-state index contributed by atoms with van der Waals surface area (Å²) in [4.78, 5) is 15.9. The molecule has 0 N–H and O–H groups in total. The van der Waals surface area contributed by atoms with Crippen molar-refractivity contribution in [3.63, 3.8) is 0 Å². The summed E-state index contributed by atoms with van der Waals surface area (Å²) in [5, 5.41) is 0. The number of hydrogen-bond acceptors (Lipinski definition) is 5. The van der Waals surface area contributed by atoms with Gasteiger partial charge in [0.15, 0.2) is 0 Å². The van der Waals surface area contributed by atoms with Gasteiger partial charge in [0.1, 0.15) is 0 Å². The van der Waals surface area contributed by atoms with Gasteiger partial charge in [-0.05, 0) is 0 Å². The number of aromatic nitrogens is 2.